The molecule has 0 saturated heterocycles. The normalized spacial score (nSPS) is 9.79. The fourth-order valence-corrected chi connectivity index (χ4v) is 2.31. The molecule has 152 valence electrons. The van der Waals surface area contributed by atoms with E-state index in [4.69, 9.17) is 15.3 Å². The van der Waals surface area contributed by atoms with E-state index in [0.29, 0.717) is 11.3 Å². The fraction of sp³-hybridized carbons (Fsp3) is 0.174. The van der Waals surface area contributed by atoms with Crippen molar-refractivity contribution >= 4 is 18.0 Å². The lowest BCUT2D eigenvalue weighted by molar-refractivity contribution is -0.131. The van der Waals surface area contributed by atoms with Gasteiger partial charge in [-0.25, -0.2) is 9.78 Å². The van der Waals surface area contributed by atoms with Gasteiger partial charge in [0.2, 0.25) is 11.7 Å². The highest BCUT2D eigenvalue weighted by Crippen LogP contribution is 2.29. The quantitative estimate of drug-likeness (QED) is 0.574. The van der Waals surface area contributed by atoms with Gasteiger partial charge in [0.25, 0.3) is 5.91 Å². The second-order valence-corrected chi connectivity index (χ2v) is 5.22. The molecule has 0 bridgehead atoms. The summed E-state index contributed by atoms with van der Waals surface area (Å²) >= 11 is 0. The smallest absolute Gasteiger partial charge is 0.328 e. The molecule has 3 N–H and O–H groups in total. The second kappa shape index (κ2) is 11.9. The molecule has 1 heterocycles. The molecule has 2 aromatic carbocycles. The SMILES string of the molecule is CC.CC.NC(=O)c1oc(-c2ccc(/C=C/C(=O)O)cc2)nc1-c1ccccc1. The number of aromatic nitrogens is 1. The van der Waals surface area contributed by atoms with Crippen molar-refractivity contribution < 1.29 is 19.1 Å². The third-order valence-electron chi connectivity index (χ3n) is 3.47. The zero-order chi connectivity index (χ0) is 21.8. The van der Waals surface area contributed by atoms with Crippen LogP contribution in [0.25, 0.3) is 28.8 Å². The number of oxazole rings is 1. The number of carboxylic acids is 1. The Labute approximate surface area is 170 Å². The van der Waals surface area contributed by atoms with Crippen molar-refractivity contribution in [3.63, 3.8) is 0 Å². The molecule has 6 heteroatoms. The van der Waals surface area contributed by atoms with Crippen LogP contribution in [0.15, 0.2) is 65.1 Å². The van der Waals surface area contributed by atoms with Crippen molar-refractivity contribution in [1.29, 1.82) is 0 Å². The number of nitrogens with zero attached hydrogens (tertiary/aromatic N) is 1. The fourth-order valence-electron chi connectivity index (χ4n) is 2.31. The monoisotopic (exact) mass is 394 g/mol. The zero-order valence-electron chi connectivity index (χ0n) is 17.0. The minimum atomic E-state index is -1.02. The van der Waals surface area contributed by atoms with E-state index in [1.165, 1.54) is 6.08 Å². The lowest BCUT2D eigenvalue weighted by Gasteiger charge is -1.97. The minimum absolute atomic E-state index is 0.00366. The Morgan fingerprint density at radius 2 is 1.52 bits per heavy atom. The summed E-state index contributed by atoms with van der Waals surface area (Å²) < 4.78 is 5.56. The molecule has 0 unspecified atom stereocenters. The van der Waals surface area contributed by atoms with Crippen LogP contribution >= 0.6 is 0 Å². The van der Waals surface area contributed by atoms with Gasteiger partial charge in [0.1, 0.15) is 5.69 Å². The number of benzene rings is 2. The number of amides is 1. The van der Waals surface area contributed by atoms with Gasteiger partial charge in [-0.3, -0.25) is 4.79 Å². The van der Waals surface area contributed by atoms with Crippen molar-refractivity contribution in [3.8, 4) is 22.7 Å². The van der Waals surface area contributed by atoms with E-state index in [2.05, 4.69) is 4.98 Å². The zero-order valence-corrected chi connectivity index (χ0v) is 17.0. The molecule has 0 radical (unpaired) electrons. The Kier molecular flexibility index (Phi) is 9.61. The Hall–Kier alpha value is -3.67. The summed E-state index contributed by atoms with van der Waals surface area (Å²) in [5.74, 6) is -1.45. The predicted octanol–water partition coefficient (Wildman–Crippen LogP) is 5.26. The topological polar surface area (TPSA) is 106 Å². The van der Waals surface area contributed by atoms with Crippen LogP contribution in [0.5, 0.6) is 0 Å². The molecule has 0 fully saturated rings. The average molecular weight is 394 g/mol. The summed E-state index contributed by atoms with van der Waals surface area (Å²) in [6.45, 7) is 8.00. The maximum absolute atomic E-state index is 11.7. The van der Waals surface area contributed by atoms with Crippen LogP contribution in [0.3, 0.4) is 0 Å². The van der Waals surface area contributed by atoms with Gasteiger partial charge >= 0.3 is 5.97 Å². The molecule has 0 saturated carbocycles. The molecule has 1 aromatic heterocycles. The number of hydrogen-bond donors (Lipinski definition) is 2. The molecular weight excluding hydrogens is 368 g/mol. The third kappa shape index (κ3) is 6.46. The highest BCUT2D eigenvalue weighted by atomic mass is 16.4. The lowest BCUT2D eigenvalue weighted by Crippen LogP contribution is -2.10. The van der Waals surface area contributed by atoms with Crippen molar-refractivity contribution in [2.45, 2.75) is 27.7 Å². The molecule has 0 atom stereocenters. The average Bonchev–Trinajstić information content (AvgIpc) is 3.22. The largest absolute Gasteiger partial charge is 0.478 e. The maximum Gasteiger partial charge on any atom is 0.328 e. The van der Waals surface area contributed by atoms with Crippen molar-refractivity contribution in [2.24, 2.45) is 5.73 Å². The van der Waals surface area contributed by atoms with E-state index in [-0.39, 0.29) is 11.7 Å². The van der Waals surface area contributed by atoms with Gasteiger partial charge in [0.15, 0.2) is 0 Å². The molecule has 6 nitrogen and oxygen atoms in total. The Morgan fingerprint density at radius 3 is 2.03 bits per heavy atom. The Morgan fingerprint density at radius 1 is 0.931 bits per heavy atom. The van der Waals surface area contributed by atoms with Gasteiger partial charge in [0, 0.05) is 17.2 Å². The summed E-state index contributed by atoms with van der Waals surface area (Å²) in [5, 5.41) is 8.65. The number of primary amides is 1. The number of hydrogen-bond acceptors (Lipinski definition) is 4. The molecule has 0 aliphatic rings. The van der Waals surface area contributed by atoms with Gasteiger partial charge in [-0.05, 0) is 23.8 Å². The number of carbonyl (C=O) groups excluding carboxylic acids is 1. The summed E-state index contributed by atoms with van der Waals surface area (Å²) in [6.07, 6.45) is 2.53. The number of carboxylic acid groups (broad SMARTS) is 1. The van der Waals surface area contributed by atoms with Crippen LogP contribution in [0.4, 0.5) is 0 Å². The minimum Gasteiger partial charge on any atom is -0.478 e. The first-order valence-electron chi connectivity index (χ1n) is 9.42. The molecule has 3 rings (SSSR count). The standard InChI is InChI=1S/C19H14N2O4.2C2H6/c20-18(24)17-16(13-4-2-1-3-5-13)21-19(25-17)14-9-6-12(7-10-14)8-11-15(22)23;2*1-2/h1-11H,(H2,20,24)(H,22,23);2*1-2H3/b11-8+;;. The number of rotatable bonds is 5. The van der Waals surface area contributed by atoms with Crippen LogP contribution < -0.4 is 5.73 Å². The van der Waals surface area contributed by atoms with Gasteiger partial charge in [0.05, 0.1) is 0 Å². The van der Waals surface area contributed by atoms with Gasteiger partial charge in [-0.1, -0.05) is 70.2 Å². The first kappa shape index (κ1) is 23.4. The van der Waals surface area contributed by atoms with Crippen LogP contribution in [-0.2, 0) is 4.79 Å². The molecule has 0 spiro atoms. The maximum atomic E-state index is 11.7. The highest BCUT2D eigenvalue weighted by Gasteiger charge is 2.20. The van der Waals surface area contributed by atoms with Gasteiger partial charge in [-0.15, -0.1) is 0 Å². The van der Waals surface area contributed by atoms with Crippen molar-refractivity contribution in [3.05, 3.63) is 72.0 Å². The summed E-state index contributed by atoms with van der Waals surface area (Å²) in [5.41, 5.74) is 7.88. The first-order chi connectivity index (χ1) is 14.0. The van der Waals surface area contributed by atoms with E-state index < -0.39 is 11.9 Å². The van der Waals surface area contributed by atoms with Crippen LogP contribution in [0.1, 0.15) is 43.8 Å². The van der Waals surface area contributed by atoms with E-state index in [9.17, 15) is 9.59 Å². The molecular formula is C23H26N2O4. The van der Waals surface area contributed by atoms with E-state index >= 15 is 0 Å². The van der Waals surface area contributed by atoms with Crippen LogP contribution in [0, 0.1) is 0 Å². The number of aliphatic carboxylic acids is 1. The second-order valence-electron chi connectivity index (χ2n) is 5.22. The Bertz CT molecular complexity index is 943. The molecule has 29 heavy (non-hydrogen) atoms. The molecule has 1 amide bonds. The van der Waals surface area contributed by atoms with Crippen LogP contribution in [-0.4, -0.2) is 22.0 Å². The third-order valence-corrected chi connectivity index (χ3v) is 3.47. The predicted molar refractivity (Wildman–Crippen MR) is 115 cm³/mol. The van der Waals surface area contributed by atoms with Gasteiger partial charge < -0.3 is 15.3 Å². The van der Waals surface area contributed by atoms with Crippen molar-refractivity contribution in [1.82, 2.24) is 4.98 Å². The van der Waals surface area contributed by atoms with E-state index in [0.717, 1.165) is 17.2 Å². The van der Waals surface area contributed by atoms with Gasteiger partial charge in [-0.2, -0.15) is 0 Å². The summed E-state index contributed by atoms with van der Waals surface area (Å²) in [4.78, 5) is 26.6. The lowest BCUT2D eigenvalue weighted by atomic mass is 10.1. The van der Waals surface area contributed by atoms with E-state index in [1.54, 1.807) is 24.3 Å². The molecule has 0 aliphatic carbocycles. The first-order valence-corrected chi connectivity index (χ1v) is 9.42. The van der Waals surface area contributed by atoms with E-state index in [1.807, 2.05) is 58.0 Å². The van der Waals surface area contributed by atoms with Crippen LogP contribution in [0.2, 0.25) is 0 Å². The van der Waals surface area contributed by atoms with Crippen molar-refractivity contribution in [2.75, 3.05) is 0 Å². The highest BCUT2D eigenvalue weighted by molar-refractivity contribution is 5.96. The molecule has 3 aromatic rings. The Balaban J connectivity index is 0.000000989. The number of nitrogens with two attached hydrogens (primary N) is 1. The summed E-state index contributed by atoms with van der Waals surface area (Å²) in [6, 6.07) is 16.1. The summed E-state index contributed by atoms with van der Waals surface area (Å²) in [7, 11) is 0. The number of carbonyl (C=O) groups is 2. The molecule has 0 aliphatic heterocycles.